The Morgan fingerprint density at radius 1 is 1.17 bits per heavy atom. The molecule has 0 amide bonds. The number of sulfonamides is 1. The molecule has 1 heterocycles. The summed E-state index contributed by atoms with van der Waals surface area (Å²) < 4.78 is 55.4. The largest absolute Gasteiger partial charge is 0.411 e. The van der Waals surface area contributed by atoms with Gasteiger partial charge in [-0.15, -0.1) is 5.10 Å². The number of hydrogen-bond donors (Lipinski definition) is 1. The van der Waals surface area contributed by atoms with Gasteiger partial charge in [0.25, 0.3) is 0 Å². The summed E-state index contributed by atoms with van der Waals surface area (Å²) in [5.41, 5.74) is 0. The van der Waals surface area contributed by atoms with E-state index in [1.807, 2.05) is 0 Å². The highest BCUT2D eigenvalue weighted by atomic mass is 35.5. The molecule has 8 nitrogen and oxygen atoms in total. The second-order valence-corrected chi connectivity index (χ2v) is 9.52. The van der Waals surface area contributed by atoms with Crippen molar-refractivity contribution in [3.05, 3.63) is 35.2 Å². The SMILES string of the molecule is CC(C)[C@H](NS(=O)(=O)c1cccc(Cl)c1)c1nnc(S(C)(=O)=O)o1. The topological polar surface area (TPSA) is 119 Å². The minimum Gasteiger partial charge on any atom is -0.411 e. The van der Waals surface area contributed by atoms with Gasteiger partial charge in [-0.1, -0.05) is 36.6 Å². The number of rotatable bonds is 6. The zero-order chi connectivity index (χ0) is 18.1. The predicted octanol–water partition coefficient (Wildman–Crippen LogP) is 1.80. The Bertz CT molecular complexity index is 938. The van der Waals surface area contributed by atoms with Crippen molar-refractivity contribution in [2.24, 2.45) is 5.92 Å². The molecule has 11 heteroatoms. The smallest absolute Gasteiger partial charge is 0.335 e. The van der Waals surface area contributed by atoms with Crippen molar-refractivity contribution in [2.75, 3.05) is 6.26 Å². The number of halogens is 1. The third-order valence-corrected chi connectivity index (χ3v) is 5.53. The Balaban J connectivity index is 2.37. The third kappa shape index (κ3) is 4.32. The summed E-state index contributed by atoms with van der Waals surface area (Å²) in [6.07, 6.45) is 0.921. The van der Waals surface area contributed by atoms with Crippen LogP contribution >= 0.6 is 11.6 Å². The normalized spacial score (nSPS) is 14.0. The lowest BCUT2D eigenvalue weighted by Crippen LogP contribution is -2.32. The summed E-state index contributed by atoms with van der Waals surface area (Å²) in [5.74, 6) is -0.400. The van der Waals surface area contributed by atoms with Crippen LogP contribution in [0.5, 0.6) is 0 Å². The monoisotopic (exact) mass is 393 g/mol. The highest BCUT2D eigenvalue weighted by molar-refractivity contribution is 7.90. The first-order valence-corrected chi connectivity index (χ1v) is 10.6. The van der Waals surface area contributed by atoms with E-state index in [4.69, 9.17) is 16.0 Å². The van der Waals surface area contributed by atoms with E-state index in [1.165, 1.54) is 18.2 Å². The minimum absolute atomic E-state index is 0.0245. The van der Waals surface area contributed by atoms with Crippen LogP contribution in [-0.2, 0) is 19.9 Å². The van der Waals surface area contributed by atoms with Gasteiger partial charge in [-0.3, -0.25) is 0 Å². The summed E-state index contributed by atoms with van der Waals surface area (Å²) in [4.78, 5) is -0.0245. The molecule has 0 aliphatic carbocycles. The minimum atomic E-state index is -3.91. The van der Waals surface area contributed by atoms with Gasteiger partial charge in [0.1, 0.15) is 6.04 Å². The first-order valence-electron chi connectivity index (χ1n) is 6.82. The molecule has 2 rings (SSSR count). The fourth-order valence-corrected chi connectivity index (χ4v) is 3.90. The van der Waals surface area contributed by atoms with E-state index in [0.717, 1.165) is 6.26 Å². The fraction of sp³-hybridized carbons (Fsp3) is 0.385. The van der Waals surface area contributed by atoms with Crippen LogP contribution in [0.1, 0.15) is 25.8 Å². The predicted molar refractivity (Wildman–Crippen MR) is 86.8 cm³/mol. The lowest BCUT2D eigenvalue weighted by Gasteiger charge is -2.18. The highest BCUT2D eigenvalue weighted by Crippen LogP contribution is 2.25. The number of hydrogen-bond acceptors (Lipinski definition) is 7. The summed E-state index contributed by atoms with van der Waals surface area (Å²) in [6, 6.07) is 4.86. The van der Waals surface area contributed by atoms with Crippen LogP contribution in [0.3, 0.4) is 0 Å². The van der Waals surface area contributed by atoms with Crippen molar-refractivity contribution in [3.8, 4) is 0 Å². The molecule has 2 aromatic rings. The second kappa shape index (κ2) is 6.79. The van der Waals surface area contributed by atoms with Gasteiger partial charge in [0.15, 0.2) is 0 Å². The van der Waals surface area contributed by atoms with Gasteiger partial charge in [-0.25, -0.2) is 16.8 Å². The van der Waals surface area contributed by atoms with E-state index in [1.54, 1.807) is 19.9 Å². The Kier molecular flexibility index (Phi) is 5.33. The molecule has 0 aliphatic rings. The molecule has 1 aromatic carbocycles. The van der Waals surface area contributed by atoms with Crippen molar-refractivity contribution in [1.29, 1.82) is 0 Å². The Morgan fingerprint density at radius 2 is 1.83 bits per heavy atom. The van der Waals surface area contributed by atoms with Gasteiger partial charge in [-0.05, 0) is 24.1 Å². The number of nitrogens with one attached hydrogen (secondary N) is 1. The van der Waals surface area contributed by atoms with Crippen LogP contribution in [0.25, 0.3) is 0 Å². The summed E-state index contributed by atoms with van der Waals surface area (Å²) >= 11 is 5.82. The average Bonchev–Trinajstić information content (AvgIpc) is 2.94. The molecule has 0 unspecified atom stereocenters. The Labute approximate surface area is 145 Å². The fourth-order valence-electron chi connectivity index (χ4n) is 1.84. The third-order valence-electron chi connectivity index (χ3n) is 3.06. The zero-order valence-electron chi connectivity index (χ0n) is 13.1. The summed E-state index contributed by atoms with van der Waals surface area (Å²) in [6.45, 7) is 3.46. The number of sulfone groups is 1. The standard InChI is InChI=1S/C13H16ClN3O5S2/c1-8(2)11(12-15-16-13(22-12)23(3,18)19)17-24(20,21)10-6-4-5-9(14)7-10/h4-8,11,17H,1-3H3/t11-/m0/s1. The van der Waals surface area contributed by atoms with Crippen molar-refractivity contribution in [1.82, 2.24) is 14.9 Å². The van der Waals surface area contributed by atoms with Crippen LogP contribution in [0.4, 0.5) is 0 Å². The molecule has 0 saturated carbocycles. The number of nitrogens with zero attached hydrogens (tertiary/aromatic N) is 2. The van der Waals surface area contributed by atoms with E-state index in [9.17, 15) is 16.8 Å². The molecule has 0 saturated heterocycles. The summed E-state index contributed by atoms with van der Waals surface area (Å²) in [5, 5.41) is 6.81. The Morgan fingerprint density at radius 3 is 2.33 bits per heavy atom. The maximum atomic E-state index is 12.5. The molecule has 0 spiro atoms. The van der Waals surface area contributed by atoms with Gasteiger partial charge in [-0.2, -0.15) is 4.72 Å². The van der Waals surface area contributed by atoms with E-state index >= 15 is 0 Å². The highest BCUT2D eigenvalue weighted by Gasteiger charge is 2.29. The molecule has 132 valence electrons. The van der Waals surface area contributed by atoms with Gasteiger partial charge < -0.3 is 4.42 Å². The quantitative estimate of drug-likeness (QED) is 0.794. The lowest BCUT2D eigenvalue weighted by atomic mass is 10.1. The van der Waals surface area contributed by atoms with Gasteiger partial charge in [0.05, 0.1) is 4.90 Å². The van der Waals surface area contributed by atoms with Crippen molar-refractivity contribution in [2.45, 2.75) is 30.0 Å². The number of aromatic nitrogens is 2. The van der Waals surface area contributed by atoms with Gasteiger partial charge in [0.2, 0.25) is 25.8 Å². The Hall–Kier alpha value is -1.49. The average molecular weight is 394 g/mol. The maximum absolute atomic E-state index is 12.5. The number of benzene rings is 1. The van der Waals surface area contributed by atoms with Crippen LogP contribution in [0.15, 0.2) is 38.8 Å². The molecule has 0 aliphatic heterocycles. The van der Waals surface area contributed by atoms with Crippen LogP contribution in [0, 0.1) is 5.92 Å². The molecule has 0 radical (unpaired) electrons. The van der Waals surface area contributed by atoms with E-state index in [0.29, 0.717) is 0 Å². The second-order valence-electron chi connectivity index (χ2n) is 5.48. The molecule has 1 atom stereocenters. The molecule has 24 heavy (non-hydrogen) atoms. The van der Waals surface area contributed by atoms with Gasteiger partial charge >= 0.3 is 5.22 Å². The first kappa shape index (κ1) is 18.8. The van der Waals surface area contributed by atoms with Crippen LogP contribution < -0.4 is 4.72 Å². The van der Waals surface area contributed by atoms with Crippen molar-refractivity contribution >= 4 is 31.5 Å². The molecule has 0 fully saturated rings. The first-order chi connectivity index (χ1) is 11.0. The van der Waals surface area contributed by atoms with Gasteiger partial charge in [0, 0.05) is 11.3 Å². The van der Waals surface area contributed by atoms with E-state index in [-0.39, 0.29) is 21.7 Å². The van der Waals surface area contributed by atoms with Crippen LogP contribution in [-0.4, -0.2) is 33.3 Å². The zero-order valence-corrected chi connectivity index (χ0v) is 15.5. The molecule has 1 aromatic heterocycles. The van der Waals surface area contributed by atoms with Crippen molar-refractivity contribution in [3.63, 3.8) is 0 Å². The maximum Gasteiger partial charge on any atom is 0.335 e. The molecular weight excluding hydrogens is 378 g/mol. The van der Waals surface area contributed by atoms with Crippen LogP contribution in [0.2, 0.25) is 5.02 Å². The molecule has 0 bridgehead atoms. The molecular formula is C13H16ClN3O5S2. The van der Waals surface area contributed by atoms with Crippen molar-refractivity contribution < 1.29 is 21.3 Å². The lowest BCUT2D eigenvalue weighted by molar-refractivity contribution is 0.327. The molecule has 1 N–H and O–H groups in total. The summed E-state index contributed by atoms with van der Waals surface area (Å²) in [7, 11) is -7.59. The van der Waals surface area contributed by atoms with E-state index in [2.05, 4.69) is 14.9 Å². The van der Waals surface area contributed by atoms with E-state index < -0.39 is 31.1 Å².